The molecule has 1 unspecified atom stereocenters. The van der Waals surface area contributed by atoms with E-state index in [0.29, 0.717) is 19.3 Å². The lowest BCUT2D eigenvalue weighted by molar-refractivity contribution is 0.170. The minimum atomic E-state index is 0.653. The van der Waals surface area contributed by atoms with Gasteiger partial charge in [-0.15, -0.1) is 0 Å². The molecule has 0 radical (unpaired) electrons. The van der Waals surface area contributed by atoms with Gasteiger partial charge in [0.1, 0.15) is 13.2 Å². The molecule has 4 heteroatoms. The molecule has 0 aliphatic carbocycles. The van der Waals surface area contributed by atoms with E-state index in [1.807, 2.05) is 6.07 Å². The van der Waals surface area contributed by atoms with Crippen LogP contribution in [-0.4, -0.2) is 44.3 Å². The maximum absolute atomic E-state index is 5.66. The highest BCUT2D eigenvalue weighted by molar-refractivity contribution is 5.43. The van der Waals surface area contributed by atoms with Gasteiger partial charge in [-0.05, 0) is 57.1 Å². The third kappa shape index (κ3) is 3.25. The van der Waals surface area contributed by atoms with Gasteiger partial charge >= 0.3 is 0 Å². The quantitative estimate of drug-likeness (QED) is 0.916. The first-order valence-electron chi connectivity index (χ1n) is 7.62. The Kier molecular flexibility index (Phi) is 4.43. The van der Waals surface area contributed by atoms with Crippen molar-refractivity contribution in [3.8, 4) is 11.5 Å². The summed E-state index contributed by atoms with van der Waals surface area (Å²) in [6, 6.07) is 6.99. The Bertz CT molecular complexity index is 442. The number of ether oxygens (including phenoxy) is 2. The molecule has 3 rings (SSSR count). The van der Waals surface area contributed by atoms with Crippen LogP contribution in [0.4, 0.5) is 0 Å². The SMILES string of the molecule is CN(Cc1ccc2c(c1)OCCO2)C1CCCNCC1. The summed E-state index contributed by atoms with van der Waals surface area (Å²) in [7, 11) is 2.23. The van der Waals surface area contributed by atoms with Gasteiger partial charge in [0, 0.05) is 12.6 Å². The maximum atomic E-state index is 5.66. The second-order valence-electron chi connectivity index (χ2n) is 5.73. The van der Waals surface area contributed by atoms with Crippen LogP contribution in [0.1, 0.15) is 24.8 Å². The number of hydrogen-bond donors (Lipinski definition) is 1. The molecule has 2 aliphatic heterocycles. The zero-order valence-corrected chi connectivity index (χ0v) is 12.2. The molecule has 2 heterocycles. The molecule has 0 spiro atoms. The third-order valence-electron chi connectivity index (χ3n) is 4.21. The molecule has 4 nitrogen and oxygen atoms in total. The molecule has 0 amide bonds. The van der Waals surface area contributed by atoms with Crippen LogP contribution in [0.5, 0.6) is 11.5 Å². The van der Waals surface area contributed by atoms with Crippen molar-refractivity contribution in [3.63, 3.8) is 0 Å². The molecule has 0 aromatic heterocycles. The molecule has 1 aromatic rings. The average Bonchev–Trinajstić information content (AvgIpc) is 2.76. The lowest BCUT2D eigenvalue weighted by Gasteiger charge is -2.27. The number of nitrogens with zero attached hydrogens (tertiary/aromatic N) is 1. The fourth-order valence-corrected chi connectivity index (χ4v) is 3.04. The van der Waals surface area contributed by atoms with Gasteiger partial charge in [0.2, 0.25) is 0 Å². The Morgan fingerprint density at radius 2 is 2.00 bits per heavy atom. The van der Waals surface area contributed by atoms with Crippen molar-refractivity contribution < 1.29 is 9.47 Å². The second kappa shape index (κ2) is 6.46. The zero-order chi connectivity index (χ0) is 13.8. The fraction of sp³-hybridized carbons (Fsp3) is 0.625. The minimum Gasteiger partial charge on any atom is -0.486 e. The Morgan fingerprint density at radius 1 is 1.15 bits per heavy atom. The molecule has 0 bridgehead atoms. The topological polar surface area (TPSA) is 33.7 Å². The zero-order valence-electron chi connectivity index (χ0n) is 12.2. The number of fused-ring (bicyclic) bond motifs is 1. The standard InChI is InChI=1S/C16H24N2O2/c1-18(14-3-2-7-17-8-6-14)12-13-4-5-15-16(11-13)20-10-9-19-15/h4-5,11,14,17H,2-3,6-10,12H2,1H3. The summed E-state index contributed by atoms with van der Waals surface area (Å²) in [5, 5.41) is 3.47. The second-order valence-corrected chi connectivity index (χ2v) is 5.73. The molecule has 1 fully saturated rings. The highest BCUT2D eigenvalue weighted by atomic mass is 16.6. The van der Waals surface area contributed by atoms with Crippen molar-refractivity contribution in [2.24, 2.45) is 0 Å². The van der Waals surface area contributed by atoms with Crippen molar-refractivity contribution in [2.45, 2.75) is 31.8 Å². The number of hydrogen-bond acceptors (Lipinski definition) is 4. The third-order valence-corrected chi connectivity index (χ3v) is 4.21. The summed E-state index contributed by atoms with van der Waals surface area (Å²) in [4.78, 5) is 2.47. The van der Waals surface area contributed by atoms with Crippen LogP contribution < -0.4 is 14.8 Å². The van der Waals surface area contributed by atoms with Gasteiger partial charge in [0.25, 0.3) is 0 Å². The first kappa shape index (κ1) is 13.7. The van der Waals surface area contributed by atoms with Crippen LogP contribution in [0.15, 0.2) is 18.2 Å². The molecular weight excluding hydrogens is 252 g/mol. The van der Waals surface area contributed by atoms with Gasteiger partial charge < -0.3 is 14.8 Å². The van der Waals surface area contributed by atoms with Gasteiger partial charge in [0.15, 0.2) is 11.5 Å². The molecule has 1 atom stereocenters. The monoisotopic (exact) mass is 276 g/mol. The highest BCUT2D eigenvalue weighted by Crippen LogP contribution is 2.31. The highest BCUT2D eigenvalue weighted by Gasteiger charge is 2.18. The Morgan fingerprint density at radius 3 is 2.90 bits per heavy atom. The smallest absolute Gasteiger partial charge is 0.161 e. The first-order chi connectivity index (χ1) is 9.83. The lowest BCUT2D eigenvalue weighted by Crippen LogP contribution is -2.32. The van der Waals surface area contributed by atoms with Gasteiger partial charge in [-0.2, -0.15) is 0 Å². The molecule has 0 saturated carbocycles. The van der Waals surface area contributed by atoms with Crippen molar-refractivity contribution in [3.05, 3.63) is 23.8 Å². The van der Waals surface area contributed by atoms with Gasteiger partial charge in [-0.1, -0.05) is 6.07 Å². The van der Waals surface area contributed by atoms with Crippen molar-refractivity contribution in [1.82, 2.24) is 10.2 Å². The normalized spacial score (nSPS) is 22.6. The summed E-state index contributed by atoms with van der Waals surface area (Å²) < 4.78 is 11.2. The predicted octanol–water partition coefficient (Wildman–Crippen LogP) is 2.03. The van der Waals surface area contributed by atoms with E-state index in [1.54, 1.807) is 0 Å². The van der Waals surface area contributed by atoms with Gasteiger partial charge in [-0.25, -0.2) is 0 Å². The van der Waals surface area contributed by atoms with Crippen molar-refractivity contribution in [1.29, 1.82) is 0 Å². The van der Waals surface area contributed by atoms with Crippen LogP contribution in [0.25, 0.3) is 0 Å². The van der Waals surface area contributed by atoms with Crippen LogP contribution >= 0.6 is 0 Å². The van der Waals surface area contributed by atoms with E-state index in [9.17, 15) is 0 Å². The van der Waals surface area contributed by atoms with Gasteiger partial charge in [-0.3, -0.25) is 4.90 Å². The van der Waals surface area contributed by atoms with Crippen LogP contribution in [0.2, 0.25) is 0 Å². The number of benzene rings is 1. The lowest BCUT2D eigenvalue weighted by atomic mass is 10.1. The number of rotatable bonds is 3. The maximum Gasteiger partial charge on any atom is 0.161 e. The van der Waals surface area contributed by atoms with Gasteiger partial charge in [0.05, 0.1) is 0 Å². The van der Waals surface area contributed by atoms with E-state index >= 15 is 0 Å². The first-order valence-corrected chi connectivity index (χ1v) is 7.62. The van der Waals surface area contributed by atoms with E-state index in [-0.39, 0.29) is 0 Å². The largest absolute Gasteiger partial charge is 0.486 e. The Hall–Kier alpha value is -1.26. The molecule has 2 aliphatic rings. The Balaban J connectivity index is 1.64. The summed E-state index contributed by atoms with van der Waals surface area (Å²) in [6.45, 7) is 4.58. The summed E-state index contributed by atoms with van der Waals surface area (Å²) in [5.41, 5.74) is 1.30. The van der Waals surface area contributed by atoms with Crippen molar-refractivity contribution in [2.75, 3.05) is 33.4 Å². The number of nitrogens with one attached hydrogen (secondary N) is 1. The molecule has 110 valence electrons. The van der Waals surface area contributed by atoms with E-state index < -0.39 is 0 Å². The average molecular weight is 276 g/mol. The predicted molar refractivity (Wildman–Crippen MR) is 79.4 cm³/mol. The molecular formula is C16H24N2O2. The molecule has 1 aromatic carbocycles. The molecule has 1 saturated heterocycles. The van der Waals surface area contributed by atoms with Crippen molar-refractivity contribution >= 4 is 0 Å². The molecule has 20 heavy (non-hydrogen) atoms. The summed E-state index contributed by atoms with van der Waals surface area (Å²) in [6.07, 6.45) is 3.80. The fourth-order valence-electron chi connectivity index (χ4n) is 3.04. The Labute approximate surface area is 121 Å². The van der Waals surface area contributed by atoms with E-state index in [4.69, 9.17) is 9.47 Å². The van der Waals surface area contributed by atoms with E-state index in [2.05, 4.69) is 29.4 Å². The van der Waals surface area contributed by atoms with Crippen LogP contribution in [0, 0.1) is 0 Å². The summed E-state index contributed by atoms with van der Waals surface area (Å²) in [5.74, 6) is 1.77. The minimum absolute atomic E-state index is 0.653. The van der Waals surface area contributed by atoms with Crippen LogP contribution in [-0.2, 0) is 6.54 Å². The summed E-state index contributed by atoms with van der Waals surface area (Å²) >= 11 is 0. The van der Waals surface area contributed by atoms with E-state index in [1.165, 1.54) is 24.8 Å². The molecule has 1 N–H and O–H groups in total. The van der Waals surface area contributed by atoms with Crippen LogP contribution in [0.3, 0.4) is 0 Å². The van der Waals surface area contributed by atoms with E-state index in [0.717, 1.165) is 31.1 Å².